The Morgan fingerprint density at radius 2 is 1.86 bits per heavy atom. The maximum absolute atomic E-state index is 12.2. The minimum absolute atomic E-state index is 0.0823. The molecule has 3 rings (SSSR count). The molecule has 2 N–H and O–H groups in total. The van der Waals surface area contributed by atoms with Crippen LogP contribution in [0.3, 0.4) is 0 Å². The Bertz CT molecular complexity index is 557. The van der Waals surface area contributed by atoms with E-state index in [1.54, 1.807) is 0 Å². The molecule has 2 saturated carbocycles. The SMILES string of the molecule is O=C(Cc1ccc(Br)cc1)NC1C2CCC(C2)C1C(=O)O. The summed E-state index contributed by atoms with van der Waals surface area (Å²) in [5.74, 6) is -0.676. The average Bonchev–Trinajstić information content (AvgIpc) is 3.02. The smallest absolute Gasteiger partial charge is 0.308 e. The summed E-state index contributed by atoms with van der Waals surface area (Å²) in [6.07, 6.45) is 3.27. The lowest BCUT2D eigenvalue weighted by Crippen LogP contribution is -2.47. The second-order valence-corrected chi connectivity index (χ2v) is 7.01. The zero-order valence-electron chi connectivity index (χ0n) is 11.6. The van der Waals surface area contributed by atoms with Crippen molar-refractivity contribution < 1.29 is 14.7 Å². The van der Waals surface area contributed by atoms with Gasteiger partial charge in [-0.2, -0.15) is 0 Å². The number of rotatable bonds is 4. The maximum Gasteiger partial charge on any atom is 0.308 e. The number of carbonyl (C=O) groups is 2. The maximum atomic E-state index is 12.2. The Balaban J connectivity index is 1.64. The van der Waals surface area contributed by atoms with Crippen LogP contribution < -0.4 is 5.32 Å². The van der Waals surface area contributed by atoms with Crippen LogP contribution in [0.25, 0.3) is 0 Å². The number of aliphatic carboxylic acids is 1. The number of nitrogens with one attached hydrogen (secondary N) is 1. The van der Waals surface area contributed by atoms with Crippen LogP contribution in [0.15, 0.2) is 28.7 Å². The molecule has 21 heavy (non-hydrogen) atoms. The van der Waals surface area contributed by atoms with Crippen LogP contribution in [0.2, 0.25) is 0 Å². The molecule has 4 atom stereocenters. The van der Waals surface area contributed by atoms with Crippen LogP contribution in [0, 0.1) is 17.8 Å². The summed E-state index contributed by atoms with van der Waals surface area (Å²) in [4.78, 5) is 23.6. The van der Waals surface area contributed by atoms with Gasteiger partial charge in [0.1, 0.15) is 0 Å². The topological polar surface area (TPSA) is 66.4 Å². The first-order valence-corrected chi connectivity index (χ1v) is 8.10. The van der Waals surface area contributed by atoms with Crippen molar-refractivity contribution in [2.24, 2.45) is 17.8 Å². The quantitative estimate of drug-likeness (QED) is 0.876. The van der Waals surface area contributed by atoms with Crippen LogP contribution in [-0.2, 0) is 16.0 Å². The van der Waals surface area contributed by atoms with E-state index in [9.17, 15) is 14.7 Å². The van der Waals surface area contributed by atoms with Gasteiger partial charge < -0.3 is 10.4 Å². The van der Waals surface area contributed by atoms with Gasteiger partial charge in [0.05, 0.1) is 12.3 Å². The number of carboxylic acids is 1. The fraction of sp³-hybridized carbons (Fsp3) is 0.500. The summed E-state index contributed by atoms with van der Waals surface area (Å²) in [5.41, 5.74) is 0.936. The molecule has 2 bridgehead atoms. The molecule has 1 amide bonds. The number of halogens is 1. The molecule has 0 heterocycles. The van der Waals surface area contributed by atoms with Gasteiger partial charge in [-0.1, -0.05) is 28.1 Å². The third-order valence-corrected chi connectivity index (χ3v) is 5.34. The second-order valence-electron chi connectivity index (χ2n) is 6.09. The van der Waals surface area contributed by atoms with Crippen molar-refractivity contribution in [1.29, 1.82) is 0 Å². The van der Waals surface area contributed by atoms with E-state index >= 15 is 0 Å². The molecular weight excluding hydrogens is 334 g/mol. The first-order valence-electron chi connectivity index (χ1n) is 7.31. The van der Waals surface area contributed by atoms with E-state index in [1.165, 1.54) is 0 Å². The standard InChI is InChI=1S/C16H18BrNO3/c17-12-5-1-9(2-6-12)7-13(19)18-15-11-4-3-10(8-11)14(15)16(20)21/h1-2,5-6,10-11,14-15H,3-4,7-8H2,(H,18,19)(H,20,21). The molecule has 0 aliphatic heterocycles. The Hall–Kier alpha value is -1.36. The van der Waals surface area contributed by atoms with Crippen molar-refractivity contribution >= 4 is 27.8 Å². The van der Waals surface area contributed by atoms with Gasteiger partial charge in [0.2, 0.25) is 5.91 Å². The Labute approximate surface area is 132 Å². The summed E-state index contributed by atoms with van der Waals surface area (Å²) in [5, 5.41) is 12.4. The van der Waals surface area contributed by atoms with Crippen LogP contribution in [0.5, 0.6) is 0 Å². The fourth-order valence-electron chi connectivity index (χ4n) is 3.88. The fourth-order valence-corrected chi connectivity index (χ4v) is 4.14. The number of benzene rings is 1. The molecule has 0 spiro atoms. The Morgan fingerprint density at radius 1 is 1.19 bits per heavy atom. The van der Waals surface area contributed by atoms with E-state index in [2.05, 4.69) is 21.2 Å². The third-order valence-electron chi connectivity index (χ3n) is 4.81. The summed E-state index contributed by atoms with van der Waals surface area (Å²) in [7, 11) is 0. The lowest BCUT2D eigenvalue weighted by Gasteiger charge is -2.28. The van der Waals surface area contributed by atoms with Crippen LogP contribution in [0.4, 0.5) is 0 Å². The predicted octanol–water partition coefficient (Wildman–Crippen LogP) is 2.61. The molecule has 0 saturated heterocycles. The van der Waals surface area contributed by atoms with Crippen molar-refractivity contribution in [3.63, 3.8) is 0 Å². The van der Waals surface area contributed by atoms with Crippen LogP contribution in [-0.4, -0.2) is 23.0 Å². The van der Waals surface area contributed by atoms with Gasteiger partial charge >= 0.3 is 5.97 Å². The van der Waals surface area contributed by atoms with Crippen molar-refractivity contribution in [3.8, 4) is 0 Å². The van der Waals surface area contributed by atoms with Gasteiger partial charge in [-0.05, 0) is 48.8 Å². The molecule has 1 aromatic carbocycles. The van der Waals surface area contributed by atoms with Crippen molar-refractivity contribution in [2.75, 3.05) is 0 Å². The van der Waals surface area contributed by atoms with Crippen molar-refractivity contribution in [1.82, 2.24) is 5.32 Å². The lowest BCUT2D eigenvalue weighted by molar-refractivity contribution is -0.144. The molecule has 4 unspecified atom stereocenters. The van der Waals surface area contributed by atoms with E-state index < -0.39 is 11.9 Å². The van der Waals surface area contributed by atoms with Gasteiger partial charge in [-0.3, -0.25) is 9.59 Å². The van der Waals surface area contributed by atoms with E-state index in [-0.39, 0.29) is 17.9 Å². The molecule has 1 aromatic rings. The largest absolute Gasteiger partial charge is 0.481 e. The Morgan fingerprint density at radius 3 is 2.52 bits per heavy atom. The first-order chi connectivity index (χ1) is 10.0. The van der Waals surface area contributed by atoms with Gasteiger partial charge in [0, 0.05) is 10.5 Å². The van der Waals surface area contributed by atoms with E-state index in [1.807, 2.05) is 24.3 Å². The first kappa shape index (κ1) is 14.6. The lowest BCUT2D eigenvalue weighted by atomic mass is 9.84. The number of hydrogen-bond acceptors (Lipinski definition) is 2. The molecule has 5 heteroatoms. The van der Waals surface area contributed by atoms with Crippen LogP contribution >= 0.6 is 15.9 Å². The number of fused-ring (bicyclic) bond motifs is 2. The second kappa shape index (κ2) is 5.79. The minimum Gasteiger partial charge on any atom is -0.481 e. The predicted molar refractivity (Wildman–Crippen MR) is 81.7 cm³/mol. The highest BCUT2D eigenvalue weighted by atomic mass is 79.9. The molecule has 0 radical (unpaired) electrons. The minimum atomic E-state index is -0.767. The number of carboxylic acid groups (broad SMARTS) is 1. The highest BCUT2D eigenvalue weighted by molar-refractivity contribution is 9.10. The molecule has 4 nitrogen and oxygen atoms in total. The summed E-state index contributed by atoms with van der Waals surface area (Å²) >= 11 is 3.36. The third kappa shape index (κ3) is 2.98. The summed E-state index contributed by atoms with van der Waals surface area (Å²) < 4.78 is 0.978. The number of hydrogen-bond donors (Lipinski definition) is 2. The zero-order valence-corrected chi connectivity index (χ0v) is 13.2. The number of amides is 1. The zero-order chi connectivity index (χ0) is 15.0. The molecular formula is C16H18BrNO3. The van der Waals surface area contributed by atoms with E-state index in [4.69, 9.17) is 0 Å². The van der Waals surface area contributed by atoms with Gasteiger partial charge in [0.25, 0.3) is 0 Å². The van der Waals surface area contributed by atoms with Gasteiger partial charge in [0.15, 0.2) is 0 Å². The van der Waals surface area contributed by atoms with E-state index in [0.29, 0.717) is 12.3 Å². The monoisotopic (exact) mass is 351 g/mol. The van der Waals surface area contributed by atoms with Crippen molar-refractivity contribution in [2.45, 2.75) is 31.7 Å². The molecule has 2 fully saturated rings. The Kier molecular flexibility index (Phi) is 4.02. The summed E-state index contributed by atoms with van der Waals surface area (Å²) in [6, 6.07) is 7.42. The highest BCUT2D eigenvalue weighted by Crippen LogP contribution is 2.48. The normalized spacial score (nSPS) is 30.3. The van der Waals surface area contributed by atoms with Crippen molar-refractivity contribution in [3.05, 3.63) is 34.3 Å². The average molecular weight is 352 g/mol. The molecule has 2 aliphatic rings. The molecule has 112 valence electrons. The summed E-state index contributed by atoms with van der Waals surface area (Å²) in [6.45, 7) is 0. The molecule has 0 aromatic heterocycles. The number of carbonyl (C=O) groups excluding carboxylic acids is 1. The molecule has 2 aliphatic carbocycles. The highest BCUT2D eigenvalue weighted by Gasteiger charge is 2.51. The van der Waals surface area contributed by atoms with Gasteiger partial charge in [-0.15, -0.1) is 0 Å². The van der Waals surface area contributed by atoms with Crippen LogP contribution in [0.1, 0.15) is 24.8 Å². The van der Waals surface area contributed by atoms with Gasteiger partial charge in [-0.25, -0.2) is 0 Å². The van der Waals surface area contributed by atoms with E-state index in [0.717, 1.165) is 29.3 Å².